The van der Waals surface area contributed by atoms with E-state index in [2.05, 4.69) is 10.4 Å². The smallest absolute Gasteiger partial charge is 0.234 e. The lowest BCUT2D eigenvalue weighted by atomic mass is 10.2. The third-order valence-corrected chi connectivity index (χ3v) is 2.96. The first-order valence-corrected chi connectivity index (χ1v) is 6.60. The molecule has 0 fully saturated rings. The Bertz CT molecular complexity index is 550. The first kappa shape index (κ1) is 14.3. The van der Waals surface area contributed by atoms with Crippen molar-refractivity contribution in [3.8, 4) is 0 Å². The van der Waals surface area contributed by atoms with Gasteiger partial charge in [-0.25, -0.2) is 0 Å². The number of hydrogen-bond acceptors (Lipinski definition) is 3. The van der Waals surface area contributed by atoms with E-state index in [9.17, 15) is 4.79 Å². The summed E-state index contributed by atoms with van der Waals surface area (Å²) in [5.41, 5.74) is 2.21. The van der Waals surface area contributed by atoms with Crippen molar-refractivity contribution in [1.82, 2.24) is 20.0 Å². The predicted octanol–water partition coefficient (Wildman–Crippen LogP) is 1.17. The van der Waals surface area contributed by atoms with Gasteiger partial charge in [0, 0.05) is 31.9 Å². The molecule has 2 aromatic rings. The van der Waals surface area contributed by atoms with E-state index < -0.39 is 0 Å². The summed E-state index contributed by atoms with van der Waals surface area (Å²) in [4.78, 5) is 13.8. The second-order valence-electron chi connectivity index (χ2n) is 4.96. The molecule has 1 aromatic carbocycles. The number of hydrogen-bond donors (Lipinski definition) is 1. The highest BCUT2D eigenvalue weighted by molar-refractivity contribution is 5.77. The zero-order valence-electron chi connectivity index (χ0n) is 11.9. The van der Waals surface area contributed by atoms with Crippen LogP contribution in [0.4, 0.5) is 0 Å². The van der Waals surface area contributed by atoms with E-state index in [1.807, 2.05) is 61.7 Å². The summed E-state index contributed by atoms with van der Waals surface area (Å²) in [5.74, 6) is 0.0280. The van der Waals surface area contributed by atoms with Gasteiger partial charge >= 0.3 is 0 Å². The maximum absolute atomic E-state index is 11.8. The summed E-state index contributed by atoms with van der Waals surface area (Å²) in [5, 5.41) is 7.03. The minimum atomic E-state index is 0.0280. The number of aromatic nitrogens is 2. The highest BCUT2D eigenvalue weighted by atomic mass is 16.2. The molecule has 0 atom stereocenters. The van der Waals surface area contributed by atoms with Gasteiger partial charge < -0.3 is 5.32 Å². The van der Waals surface area contributed by atoms with E-state index in [0.717, 1.165) is 11.1 Å². The van der Waals surface area contributed by atoms with Gasteiger partial charge in [-0.2, -0.15) is 5.10 Å². The largest absolute Gasteiger partial charge is 0.351 e. The molecule has 1 aromatic heterocycles. The summed E-state index contributed by atoms with van der Waals surface area (Å²) in [6.07, 6.45) is 3.77. The molecule has 1 heterocycles. The Morgan fingerprint density at radius 1 is 1.30 bits per heavy atom. The van der Waals surface area contributed by atoms with Crippen LogP contribution in [0, 0.1) is 0 Å². The van der Waals surface area contributed by atoms with E-state index in [1.54, 1.807) is 4.68 Å². The van der Waals surface area contributed by atoms with Crippen LogP contribution >= 0.6 is 0 Å². The van der Waals surface area contributed by atoms with Gasteiger partial charge in [-0.05, 0) is 12.6 Å². The van der Waals surface area contributed by atoms with E-state index in [-0.39, 0.29) is 5.91 Å². The molecule has 20 heavy (non-hydrogen) atoms. The van der Waals surface area contributed by atoms with Crippen molar-refractivity contribution >= 4 is 5.91 Å². The summed E-state index contributed by atoms with van der Waals surface area (Å²) in [6, 6.07) is 9.90. The Hall–Kier alpha value is -2.14. The molecule has 0 saturated heterocycles. The van der Waals surface area contributed by atoms with Crippen molar-refractivity contribution in [2.75, 3.05) is 13.6 Å². The molecule has 0 aliphatic rings. The van der Waals surface area contributed by atoms with E-state index in [0.29, 0.717) is 19.6 Å². The number of likely N-dealkylation sites (N-methyl/N-ethyl adjacent to an activating group) is 1. The van der Waals surface area contributed by atoms with Gasteiger partial charge in [0.05, 0.1) is 12.7 Å². The van der Waals surface area contributed by atoms with Crippen LogP contribution in [0.3, 0.4) is 0 Å². The standard InChI is InChI=1S/C15H20N4O/c1-18(10-14-9-17-19(2)11-14)12-15(20)16-8-13-6-4-3-5-7-13/h3-7,9,11H,8,10,12H2,1-2H3,(H,16,20). The number of carbonyl (C=O) groups is 1. The quantitative estimate of drug-likeness (QED) is 0.859. The highest BCUT2D eigenvalue weighted by Gasteiger charge is 2.07. The van der Waals surface area contributed by atoms with Gasteiger partial charge in [0.2, 0.25) is 5.91 Å². The fourth-order valence-electron chi connectivity index (χ4n) is 2.02. The highest BCUT2D eigenvalue weighted by Crippen LogP contribution is 2.01. The van der Waals surface area contributed by atoms with Crippen LogP contribution in [-0.4, -0.2) is 34.2 Å². The Kier molecular flexibility index (Phi) is 4.90. The monoisotopic (exact) mass is 272 g/mol. The Balaban J connectivity index is 1.73. The summed E-state index contributed by atoms with van der Waals surface area (Å²) in [7, 11) is 3.81. The second-order valence-corrected chi connectivity index (χ2v) is 4.96. The van der Waals surface area contributed by atoms with Crippen molar-refractivity contribution < 1.29 is 4.79 Å². The fraction of sp³-hybridized carbons (Fsp3) is 0.333. The molecule has 106 valence electrons. The Morgan fingerprint density at radius 2 is 2.05 bits per heavy atom. The number of nitrogens with zero attached hydrogens (tertiary/aromatic N) is 3. The van der Waals surface area contributed by atoms with Crippen LogP contribution in [0.5, 0.6) is 0 Å². The zero-order valence-corrected chi connectivity index (χ0v) is 11.9. The molecule has 1 amide bonds. The lowest BCUT2D eigenvalue weighted by Crippen LogP contribution is -2.34. The second kappa shape index (κ2) is 6.86. The fourth-order valence-corrected chi connectivity index (χ4v) is 2.02. The molecule has 5 nitrogen and oxygen atoms in total. The van der Waals surface area contributed by atoms with Gasteiger partial charge in [-0.1, -0.05) is 30.3 Å². The van der Waals surface area contributed by atoms with Crippen LogP contribution in [0.2, 0.25) is 0 Å². The molecular formula is C15H20N4O. The molecule has 5 heteroatoms. The van der Waals surface area contributed by atoms with Gasteiger partial charge in [0.25, 0.3) is 0 Å². The van der Waals surface area contributed by atoms with Gasteiger partial charge in [-0.15, -0.1) is 0 Å². The Labute approximate surface area is 119 Å². The first-order valence-electron chi connectivity index (χ1n) is 6.60. The molecule has 0 aliphatic carbocycles. The van der Waals surface area contributed by atoms with Gasteiger partial charge in [0.1, 0.15) is 0 Å². The third-order valence-electron chi connectivity index (χ3n) is 2.96. The van der Waals surface area contributed by atoms with Gasteiger partial charge in [0.15, 0.2) is 0 Å². The van der Waals surface area contributed by atoms with E-state index >= 15 is 0 Å². The van der Waals surface area contributed by atoms with E-state index in [4.69, 9.17) is 0 Å². The number of carbonyl (C=O) groups excluding carboxylic acids is 1. The van der Waals surface area contributed by atoms with E-state index in [1.165, 1.54) is 0 Å². The zero-order chi connectivity index (χ0) is 14.4. The number of rotatable bonds is 6. The summed E-state index contributed by atoms with van der Waals surface area (Å²) >= 11 is 0. The maximum Gasteiger partial charge on any atom is 0.234 e. The van der Waals surface area contributed by atoms with Crippen LogP contribution in [0.1, 0.15) is 11.1 Å². The molecular weight excluding hydrogens is 252 g/mol. The van der Waals surface area contributed by atoms with Crippen molar-refractivity contribution in [3.63, 3.8) is 0 Å². The van der Waals surface area contributed by atoms with Crippen LogP contribution in [0.25, 0.3) is 0 Å². The molecule has 0 spiro atoms. The SMILES string of the molecule is CN(CC(=O)NCc1ccccc1)Cc1cnn(C)c1. The van der Waals surface area contributed by atoms with Crippen molar-refractivity contribution in [2.24, 2.45) is 7.05 Å². The first-order chi connectivity index (χ1) is 9.63. The normalized spacial score (nSPS) is 10.8. The summed E-state index contributed by atoms with van der Waals surface area (Å²) in [6.45, 7) is 1.66. The molecule has 0 saturated carbocycles. The van der Waals surface area contributed by atoms with Crippen molar-refractivity contribution in [3.05, 3.63) is 53.9 Å². The number of amides is 1. The number of nitrogens with one attached hydrogen (secondary N) is 1. The lowest BCUT2D eigenvalue weighted by molar-refractivity contribution is -0.122. The van der Waals surface area contributed by atoms with Crippen molar-refractivity contribution in [2.45, 2.75) is 13.1 Å². The van der Waals surface area contributed by atoms with Crippen LogP contribution in [0.15, 0.2) is 42.7 Å². The third kappa shape index (κ3) is 4.51. The number of aryl methyl sites for hydroxylation is 1. The average molecular weight is 272 g/mol. The molecule has 0 radical (unpaired) electrons. The van der Waals surface area contributed by atoms with Crippen LogP contribution in [-0.2, 0) is 24.9 Å². The minimum absolute atomic E-state index is 0.0280. The lowest BCUT2D eigenvalue weighted by Gasteiger charge is -2.15. The topological polar surface area (TPSA) is 50.2 Å². The molecule has 0 aliphatic heterocycles. The molecule has 0 unspecified atom stereocenters. The maximum atomic E-state index is 11.8. The van der Waals surface area contributed by atoms with Crippen molar-refractivity contribution in [1.29, 1.82) is 0 Å². The number of benzene rings is 1. The molecule has 0 bridgehead atoms. The van der Waals surface area contributed by atoms with Gasteiger partial charge in [-0.3, -0.25) is 14.4 Å². The van der Waals surface area contributed by atoms with Crippen LogP contribution < -0.4 is 5.32 Å². The molecule has 1 N–H and O–H groups in total. The molecule has 2 rings (SSSR count). The minimum Gasteiger partial charge on any atom is -0.351 e. The average Bonchev–Trinajstić information content (AvgIpc) is 2.83. The predicted molar refractivity (Wildman–Crippen MR) is 77.8 cm³/mol. The summed E-state index contributed by atoms with van der Waals surface area (Å²) < 4.78 is 1.76. The Morgan fingerprint density at radius 3 is 2.70 bits per heavy atom.